The minimum absolute atomic E-state index is 0.476. The molecule has 0 aliphatic carbocycles. The van der Waals surface area contributed by atoms with E-state index in [9.17, 15) is 0 Å². The van der Waals surface area contributed by atoms with Crippen LogP contribution in [-0.2, 0) is 4.12 Å². The number of hydrogen-bond acceptors (Lipinski definition) is 1. The van der Waals surface area contributed by atoms with Crippen LogP contribution >= 0.6 is 0 Å². The smallest absolute Gasteiger partial charge is 0.139 e. The first-order valence-corrected chi connectivity index (χ1v) is 17.6. The Hall–Kier alpha value is 0.828. The van der Waals surface area contributed by atoms with Crippen molar-refractivity contribution in [2.45, 2.75) is 77.8 Å². The van der Waals surface area contributed by atoms with E-state index >= 15 is 0 Å². The summed E-state index contributed by atoms with van der Waals surface area (Å²) in [5.74, 6) is 0. The summed E-state index contributed by atoms with van der Waals surface area (Å²) in [5.41, 5.74) is 0. The molecule has 1 nitrogen and oxygen atoms in total. The highest BCUT2D eigenvalue weighted by Crippen LogP contribution is 2.45. The molecule has 0 N–H and O–H groups in total. The summed E-state index contributed by atoms with van der Waals surface area (Å²) in [5, 5.41) is 0.952. The summed E-state index contributed by atoms with van der Waals surface area (Å²) < 4.78 is 6.33. The van der Waals surface area contributed by atoms with Crippen LogP contribution in [0.4, 0.5) is 0 Å². The van der Waals surface area contributed by atoms with Crippen molar-refractivity contribution in [3.63, 3.8) is 0 Å². The topological polar surface area (TPSA) is 9.23 Å². The molecule has 0 aromatic rings. The van der Waals surface area contributed by atoms with E-state index in [1.54, 1.807) is 0 Å². The van der Waals surface area contributed by atoms with E-state index in [-0.39, 0.29) is 0 Å². The normalized spacial score (nSPS) is 15.7. The first kappa shape index (κ1) is 17.8. The van der Waals surface area contributed by atoms with Gasteiger partial charge in [-0.15, -0.1) is 0 Å². The molecule has 0 bridgehead atoms. The van der Waals surface area contributed by atoms with E-state index in [0.717, 1.165) is 10.5 Å². The van der Waals surface area contributed by atoms with E-state index in [2.05, 4.69) is 67.7 Å². The number of hydrogen-bond donors (Lipinski definition) is 0. The summed E-state index contributed by atoms with van der Waals surface area (Å²) in [4.78, 5) is 0. The van der Waals surface area contributed by atoms with Crippen LogP contribution in [0.2, 0.25) is 36.3 Å². The second kappa shape index (κ2) is 5.07. The third kappa shape index (κ3) is 3.43. The highest BCUT2D eigenvalue weighted by atomic mass is 29.6. The fraction of sp³-hybridized carbons (Fsp3) is 1.00. The van der Waals surface area contributed by atoms with Crippen molar-refractivity contribution in [2.75, 3.05) is 0 Å². The molecule has 0 fully saturated rings. The minimum Gasteiger partial charge on any atom is -0.470 e. The summed E-state index contributed by atoms with van der Waals surface area (Å²) in [7, 11) is -2.64. The van der Waals surface area contributed by atoms with Gasteiger partial charge in [0.1, 0.15) is 18.6 Å². The Bertz CT molecular complexity index is 235. The van der Waals surface area contributed by atoms with Crippen molar-refractivity contribution >= 4 is 33.7 Å². The van der Waals surface area contributed by atoms with Gasteiger partial charge in [0.25, 0.3) is 0 Å². The van der Waals surface area contributed by atoms with Crippen LogP contribution in [0.5, 0.6) is 0 Å². The monoisotopic (exact) mass is 306 g/mol. The lowest BCUT2D eigenvalue weighted by Gasteiger charge is -2.52. The molecule has 0 aromatic carbocycles. The van der Waals surface area contributed by atoms with E-state index in [4.69, 9.17) is 4.12 Å². The van der Waals surface area contributed by atoms with Gasteiger partial charge in [0, 0.05) is 0 Å². The maximum absolute atomic E-state index is 6.33. The van der Waals surface area contributed by atoms with Crippen molar-refractivity contribution in [3.05, 3.63) is 0 Å². The predicted octanol–water partition coefficient (Wildman–Crippen LogP) is 3.18. The van der Waals surface area contributed by atoms with Gasteiger partial charge in [0.2, 0.25) is 0 Å². The molecule has 0 amide bonds. The van der Waals surface area contributed by atoms with Gasteiger partial charge in [-0.2, -0.15) is 0 Å². The Morgan fingerprint density at radius 2 is 1.00 bits per heavy atom. The summed E-state index contributed by atoms with van der Waals surface area (Å²) >= 11 is 0. The van der Waals surface area contributed by atoms with Gasteiger partial charge in [-0.1, -0.05) is 67.7 Å². The van der Waals surface area contributed by atoms with Crippen LogP contribution in [0.15, 0.2) is 0 Å². The van der Waals surface area contributed by atoms with Gasteiger partial charge in [0.05, 0.1) is 15.2 Å². The van der Waals surface area contributed by atoms with Gasteiger partial charge < -0.3 is 4.12 Å². The van der Waals surface area contributed by atoms with Gasteiger partial charge in [0.15, 0.2) is 0 Å². The first-order chi connectivity index (χ1) is 7.19. The molecule has 17 heavy (non-hydrogen) atoms. The Labute approximate surface area is 116 Å². The zero-order chi connectivity index (χ0) is 14.3. The maximum atomic E-state index is 6.33. The Morgan fingerprint density at radius 1 is 0.765 bits per heavy atom. The van der Waals surface area contributed by atoms with Crippen molar-refractivity contribution < 1.29 is 4.12 Å². The third-order valence-electron chi connectivity index (χ3n) is 5.41. The van der Waals surface area contributed by atoms with Crippen LogP contribution < -0.4 is 0 Å². The summed E-state index contributed by atoms with van der Waals surface area (Å²) in [6, 6.07) is 0. The lowest BCUT2D eigenvalue weighted by molar-refractivity contribution is 0.643. The highest BCUT2D eigenvalue weighted by molar-refractivity contribution is 7.60. The molecule has 0 saturated carbocycles. The van der Waals surface area contributed by atoms with Crippen molar-refractivity contribution in [2.24, 2.45) is 0 Å². The fourth-order valence-corrected chi connectivity index (χ4v) is 55.1. The number of rotatable bonds is 3. The maximum Gasteiger partial charge on any atom is 0.139 e. The van der Waals surface area contributed by atoms with Crippen molar-refractivity contribution in [1.29, 1.82) is 0 Å². The molecule has 104 valence electrons. The van der Waals surface area contributed by atoms with Crippen LogP contribution in [-0.4, -0.2) is 33.7 Å². The molecular formula is C12H34OSi4. The predicted molar refractivity (Wildman–Crippen MR) is 92.6 cm³/mol. The van der Waals surface area contributed by atoms with Crippen LogP contribution in [0.1, 0.15) is 41.5 Å². The van der Waals surface area contributed by atoms with E-state index in [1.807, 2.05) is 0 Å². The lowest BCUT2D eigenvalue weighted by atomic mass is 10.2. The molecule has 5 heteroatoms. The van der Waals surface area contributed by atoms with Crippen molar-refractivity contribution in [1.82, 2.24) is 0 Å². The van der Waals surface area contributed by atoms with Gasteiger partial charge in [-0.25, -0.2) is 0 Å². The summed E-state index contributed by atoms with van der Waals surface area (Å²) in [6.45, 7) is 25.0. The highest BCUT2D eigenvalue weighted by Gasteiger charge is 2.54. The third-order valence-corrected chi connectivity index (χ3v) is 47.9. The zero-order valence-corrected chi connectivity index (χ0v) is 19.1. The SMILES string of the molecule is CC(C)(C)[Si](C)(C)[SiH](O[SiH3])[Si](C)(C)C(C)(C)C. The van der Waals surface area contributed by atoms with E-state index < -0.39 is 23.3 Å². The molecule has 0 rings (SSSR count). The van der Waals surface area contributed by atoms with Gasteiger partial charge in [-0.3, -0.25) is 0 Å². The lowest BCUT2D eigenvalue weighted by Crippen LogP contribution is -2.69. The second-order valence-corrected chi connectivity index (χ2v) is 34.6. The second-order valence-electron chi connectivity index (χ2n) is 8.56. The molecule has 0 aliphatic rings. The van der Waals surface area contributed by atoms with Gasteiger partial charge in [-0.05, 0) is 10.1 Å². The molecule has 0 aromatic heterocycles. The molecular weight excluding hydrogens is 272 g/mol. The minimum atomic E-state index is -1.27. The largest absolute Gasteiger partial charge is 0.470 e. The van der Waals surface area contributed by atoms with Crippen LogP contribution in [0.25, 0.3) is 0 Å². The zero-order valence-electron chi connectivity index (χ0n) is 14.0. The Morgan fingerprint density at radius 3 is 1.12 bits per heavy atom. The Balaban J connectivity index is 5.52. The van der Waals surface area contributed by atoms with Crippen molar-refractivity contribution in [3.8, 4) is 0 Å². The first-order valence-electron chi connectivity index (χ1n) is 6.72. The van der Waals surface area contributed by atoms with E-state index in [0.29, 0.717) is 10.1 Å². The average molecular weight is 307 g/mol. The quantitative estimate of drug-likeness (QED) is 0.728. The van der Waals surface area contributed by atoms with E-state index in [1.165, 1.54) is 0 Å². The molecule has 0 radical (unpaired) electrons. The average Bonchev–Trinajstić information content (AvgIpc) is 1.99. The van der Waals surface area contributed by atoms with Crippen LogP contribution in [0.3, 0.4) is 0 Å². The standard InChI is InChI=1S/C12H34OSi4/c1-11(2,3)16(7,8)15(13-14)17(9,10)12(4,5)6/h15H,1-10,14H3. The Kier molecular flexibility index (Phi) is 5.32. The fourth-order valence-electron chi connectivity index (χ4n) is 2.28. The molecule has 0 saturated heterocycles. The summed E-state index contributed by atoms with van der Waals surface area (Å²) in [6.07, 6.45) is 0. The molecule has 0 spiro atoms. The molecule has 0 heterocycles. The molecule has 0 unspecified atom stereocenters. The van der Waals surface area contributed by atoms with Gasteiger partial charge >= 0.3 is 0 Å². The van der Waals surface area contributed by atoms with Crippen LogP contribution in [0, 0.1) is 0 Å². The molecule has 0 aliphatic heterocycles. The molecule has 0 atom stereocenters.